The SMILES string of the molecule is COc1ccc(S[C@@H]2C[C@@H](C(=O)N3CCCN(C)CC3)N(Cc3cccc(OC)c3OC)C2)cc1. The molecule has 0 unspecified atom stereocenters. The predicted molar refractivity (Wildman–Crippen MR) is 140 cm³/mol. The smallest absolute Gasteiger partial charge is 0.240 e. The number of nitrogens with zero attached hydrogens (tertiary/aromatic N) is 3. The van der Waals surface area contributed by atoms with E-state index < -0.39 is 0 Å². The summed E-state index contributed by atoms with van der Waals surface area (Å²) in [5.74, 6) is 2.56. The first-order valence-electron chi connectivity index (χ1n) is 12.2. The van der Waals surface area contributed by atoms with E-state index in [0.29, 0.717) is 17.5 Å². The van der Waals surface area contributed by atoms with Crippen molar-refractivity contribution in [2.24, 2.45) is 0 Å². The Hall–Kier alpha value is -2.42. The van der Waals surface area contributed by atoms with Gasteiger partial charge in [0.05, 0.1) is 27.4 Å². The van der Waals surface area contributed by atoms with Gasteiger partial charge in [-0.3, -0.25) is 9.69 Å². The molecule has 2 aromatic rings. The molecule has 0 radical (unpaired) electrons. The van der Waals surface area contributed by atoms with Crippen molar-refractivity contribution < 1.29 is 19.0 Å². The van der Waals surface area contributed by atoms with Gasteiger partial charge < -0.3 is 24.0 Å². The van der Waals surface area contributed by atoms with Crippen LogP contribution in [0.4, 0.5) is 0 Å². The number of hydrogen-bond acceptors (Lipinski definition) is 7. The molecule has 2 heterocycles. The van der Waals surface area contributed by atoms with Gasteiger partial charge in [0.1, 0.15) is 5.75 Å². The first kappa shape index (κ1) is 25.7. The van der Waals surface area contributed by atoms with E-state index in [1.165, 1.54) is 4.90 Å². The lowest BCUT2D eigenvalue weighted by Crippen LogP contribution is -2.46. The first-order valence-corrected chi connectivity index (χ1v) is 13.1. The molecule has 190 valence electrons. The number of amides is 1. The molecule has 0 bridgehead atoms. The molecule has 0 saturated carbocycles. The summed E-state index contributed by atoms with van der Waals surface area (Å²) in [5, 5.41) is 0.323. The fourth-order valence-corrected chi connectivity index (χ4v) is 6.22. The largest absolute Gasteiger partial charge is 0.497 e. The summed E-state index contributed by atoms with van der Waals surface area (Å²) in [7, 11) is 7.14. The van der Waals surface area contributed by atoms with Gasteiger partial charge >= 0.3 is 0 Å². The van der Waals surface area contributed by atoms with E-state index in [1.54, 1.807) is 21.3 Å². The van der Waals surface area contributed by atoms with E-state index in [1.807, 2.05) is 36.0 Å². The van der Waals surface area contributed by atoms with Gasteiger partial charge in [-0.1, -0.05) is 12.1 Å². The van der Waals surface area contributed by atoms with Crippen LogP contribution in [0, 0.1) is 0 Å². The van der Waals surface area contributed by atoms with Crippen molar-refractivity contribution in [1.82, 2.24) is 14.7 Å². The van der Waals surface area contributed by atoms with Crippen molar-refractivity contribution in [1.29, 1.82) is 0 Å². The third-order valence-corrected chi connectivity index (χ3v) is 8.12. The Balaban J connectivity index is 1.55. The Morgan fingerprint density at radius 1 is 0.971 bits per heavy atom. The molecule has 0 aliphatic carbocycles. The van der Waals surface area contributed by atoms with Gasteiger partial charge in [-0.25, -0.2) is 0 Å². The maximum atomic E-state index is 13.8. The van der Waals surface area contributed by atoms with E-state index in [0.717, 1.165) is 62.6 Å². The number of thioether (sulfide) groups is 1. The minimum absolute atomic E-state index is 0.148. The summed E-state index contributed by atoms with van der Waals surface area (Å²) in [6.45, 7) is 5.05. The van der Waals surface area contributed by atoms with Crippen LogP contribution in [-0.4, -0.2) is 93.0 Å². The lowest BCUT2D eigenvalue weighted by atomic mass is 10.1. The molecule has 0 N–H and O–H groups in total. The zero-order chi connectivity index (χ0) is 24.8. The van der Waals surface area contributed by atoms with Gasteiger partial charge in [-0.2, -0.15) is 0 Å². The van der Waals surface area contributed by atoms with Crippen molar-refractivity contribution >= 4 is 17.7 Å². The Kier molecular flexibility index (Phi) is 8.81. The molecule has 2 aromatic carbocycles. The number of para-hydroxylation sites is 1. The van der Waals surface area contributed by atoms with Crippen LogP contribution in [0.1, 0.15) is 18.4 Å². The van der Waals surface area contributed by atoms with Crippen LogP contribution in [0.25, 0.3) is 0 Å². The highest BCUT2D eigenvalue weighted by atomic mass is 32.2. The number of hydrogen-bond donors (Lipinski definition) is 0. The standard InChI is InChI=1S/C27H37N3O4S/c1-28-13-6-14-29(16-15-28)27(31)24-17-23(35-22-11-9-21(32-2)10-12-22)19-30(24)18-20-7-5-8-25(33-3)26(20)34-4/h5,7-12,23-24H,6,13-19H2,1-4H3/t23-,24+/m1/s1. The Labute approximate surface area is 213 Å². The summed E-state index contributed by atoms with van der Waals surface area (Å²) in [6, 6.07) is 14.0. The molecule has 8 heteroatoms. The lowest BCUT2D eigenvalue weighted by molar-refractivity contribution is -0.136. The highest BCUT2D eigenvalue weighted by molar-refractivity contribution is 8.00. The highest BCUT2D eigenvalue weighted by Gasteiger charge is 2.39. The van der Waals surface area contributed by atoms with Crippen molar-refractivity contribution in [3.63, 3.8) is 0 Å². The van der Waals surface area contributed by atoms with Crippen LogP contribution in [0.15, 0.2) is 47.4 Å². The summed E-state index contributed by atoms with van der Waals surface area (Å²) < 4.78 is 16.5. The third kappa shape index (κ3) is 6.23. The Morgan fingerprint density at radius 3 is 2.49 bits per heavy atom. The Morgan fingerprint density at radius 2 is 1.77 bits per heavy atom. The molecule has 4 rings (SSSR count). The van der Waals surface area contributed by atoms with Crippen molar-refractivity contribution in [2.45, 2.75) is 35.6 Å². The maximum Gasteiger partial charge on any atom is 0.240 e. The van der Waals surface area contributed by atoms with E-state index in [-0.39, 0.29) is 11.9 Å². The molecular formula is C27H37N3O4S. The second kappa shape index (κ2) is 12.0. The second-order valence-corrected chi connectivity index (χ2v) is 10.6. The quantitative estimate of drug-likeness (QED) is 0.550. The van der Waals surface area contributed by atoms with Crippen LogP contribution >= 0.6 is 11.8 Å². The van der Waals surface area contributed by atoms with Crippen LogP contribution in [0.3, 0.4) is 0 Å². The van der Waals surface area contributed by atoms with E-state index in [9.17, 15) is 4.79 Å². The molecule has 2 fully saturated rings. The van der Waals surface area contributed by atoms with Gasteiger partial charge in [0.15, 0.2) is 11.5 Å². The summed E-state index contributed by atoms with van der Waals surface area (Å²) >= 11 is 1.84. The van der Waals surface area contributed by atoms with Crippen LogP contribution in [0.2, 0.25) is 0 Å². The number of carbonyl (C=O) groups excluding carboxylic acids is 1. The lowest BCUT2D eigenvalue weighted by Gasteiger charge is -2.30. The number of rotatable bonds is 8. The first-order chi connectivity index (χ1) is 17.0. The number of methoxy groups -OCH3 is 3. The number of likely N-dealkylation sites (N-methyl/N-ethyl adjacent to an activating group) is 1. The minimum Gasteiger partial charge on any atom is -0.497 e. The summed E-state index contributed by atoms with van der Waals surface area (Å²) in [6.07, 6.45) is 1.84. The molecule has 0 spiro atoms. The average molecular weight is 500 g/mol. The molecular weight excluding hydrogens is 462 g/mol. The van der Waals surface area contributed by atoms with Gasteiger partial charge in [0.2, 0.25) is 5.91 Å². The third-order valence-electron chi connectivity index (χ3n) is 6.90. The van der Waals surface area contributed by atoms with E-state index in [2.05, 4.69) is 39.9 Å². The number of benzene rings is 2. The van der Waals surface area contributed by atoms with Crippen molar-refractivity contribution in [3.8, 4) is 17.2 Å². The van der Waals surface area contributed by atoms with Crippen molar-refractivity contribution in [2.75, 3.05) is 61.1 Å². The topological polar surface area (TPSA) is 54.5 Å². The number of carbonyl (C=O) groups is 1. The summed E-state index contributed by atoms with van der Waals surface area (Å²) in [5.41, 5.74) is 1.04. The molecule has 0 aromatic heterocycles. The van der Waals surface area contributed by atoms with Gasteiger partial charge in [0.25, 0.3) is 0 Å². The molecule has 7 nitrogen and oxygen atoms in total. The zero-order valence-corrected chi connectivity index (χ0v) is 22.1. The highest BCUT2D eigenvalue weighted by Crippen LogP contribution is 2.37. The molecule has 1 amide bonds. The molecule has 2 aliphatic heterocycles. The average Bonchev–Trinajstić information content (AvgIpc) is 3.13. The van der Waals surface area contributed by atoms with Crippen molar-refractivity contribution in [3.05, 3.63) is 48.0 Å². The van der Waals surface area contributed by atoms with Gasteiger partial charge in [-0.15, -0.1) is 11.8 Å². The number of ether oxygens (including phenoxy) is 3. The van der Waals surface area contributed by atoms with Crippen LogP contribution in [-0.2, 0) is 11.3 Å². The summed E-state index contributed by atoms with van der Waals surface area (Å²) in [4.78, 5) is 21.7. The number of likely N-dealkylation sites (tertiary alicyclic amines) is 1. The zero-order valence-electron chi connectivity index (χ0n) is 21.2. The normalized spacial score (nSPS) is 21.5. The monoisotopic (exact) mass is 499 g/mol. The fraction of sp³-hybridized carbons (Fsp3) is 0.519. The fourth-order valence-electron chi connectivity index (χ4n) is 5.00. The van der Waals surface area contributed by atoms with Crippen LogP contribution < -0.4 is 14.2 Å². The second-order valence-electron chi connectivity index (χ2n) is 9.23. The molecule has 2 aliphatic rings. The van der Waals surface area contributed by atoms with E-state index in [4.69, 9.17) is 14.2 Å². The predicted octanol–water partition coefficient (Wildman–Crippen LogP) is 3.61. The minimum atomic E-state index is -0.148. The maximum absolute atomic E-state index is 13.8. The van der Waals surface area contributed by atoms with Crippen LogP contribution in [0.5, 0.6) is 17.2 Å². The molecule has 2 saturated heterocycles. The Bertz CT molecular complexity index is 987. The van der Waals surface area contributed by atoms with Gasteiger partial charge in [0, 0.05) is 48.4 Å². The molecule has 2 atom stereocenters. The van der Waals surface area contributed by atoms with E-state index >= 15 is 0 Å². The van der Waals surface area contributed by atoms with Gasteiger partial charge in [-0.05, 0) is 56.8 Å². The molecule has 35 heavy (non-hydrogen) atoms.